The number of nitrogens with one attached hydrogen (secondary N) is 1. The Labute approximate surface area is 145 Å². The van der Waals surface area contributed by atoms with E-state index in [0.29, 0.717) is 19.4 Å². The average molecular weight is 348 g/mol. The molecule has 1 aromatic carbocycles. The smallest absolute Gasteiger partial charge is 0.220 e. The fraction of sp³-hybridized carbons (Fsp3) is 0.333. The monoisotopic (exact) mass is 347 g/mol. The van der Waals surface area contributed by atoms with E-state index >= 15 is 0 Å². The van der Waals surface area contributed by atoms with Crippen molar-refractivity contribution in [3.8, 4) is 0 Å². The van der Waals surface area contributed by atoms with Gasteiger partial charge in [-0.15, -0.1) is 0 Å². The summed E-state index contributed by atoms with van der Waals surface area (Å²) in [6.07, 6.45) is 5.47. The Bertz CT molecular complexity index is 711. The third-order valence-corrected chi connectivity index (χ3v) is 4.52. The van der Waals surface area contributed by atoms with Crippen LogP contribution >= 0.6 is 11.6 Å². The van der Waals surface area contributed by atoms with Gasteiger partial charge >= 0.3 is 0 Å². The van der Waals surface area contributed by atoms with Crippen molar-refractivity contribution in [2.45, 2.75) is 25.3 Å². The predicted octanol–water partition coefficient (Wildman–Crippen LogP) is 3.20. The quantitative estimate of drug-likeness (QED) is 0.903. The number of anilines is 1. The number of amides is 1. The molecule has 1 fully saturated rings. The molecule has 2 aromatic rings. The molecule has 6 heteroatoms. The van der Waals surface area contributed by atoms with Crippen LogP contribution < -0.4 is 10.2 Å². The van der Waals surface area contributed by atoms with Crippen LogP contribution in [0.25, 0.3) is 0 Å². The summed E-state index contributed by atoms with van der Waals surface area (Å²) < 4.78 is 13.6. The molecule has 0 unspecified atom stereocenters. The van der Waals surface area contributed by atoms with Crippen LogP contribution in [0.3, 0.4) is 0 Å². The maximum atomic E-state index is 13.6. The molecule has 126 valence electrons. The molecule has 2 heterocycles. The van der Waals surface area contributed by atoms with Gasteiger partial charge in [0.2, 0.25) is 5.91 Å². The first-order valence-corrected chi connectivity index (χ1v) is 8.38. The second-order valence-electron chi connectivity index (χ2n) is 5.95. The van der Waals surface area contributed by atoms with Gasteiger partial charge in [0, 0.05) is 43.6 Å². The van der Waals surface area contributed by atoms with Crippen LogP contribution in [0.4, 0.5) is 10.1 Å². The Balaban J connectivity index is 1.48. The molecule has 1 aliphatic rings. The number of pyridine rings is 1. The van der Waals surface area contributed by atoms with Gasteiger partial charge in [-0.3, -0.25) is 9.78 Å². The Morgan fingerprint density at radius 1 is 1.33 bits per heavy atom. The lowest BCUT2D eigenvalue weighted by molar-refractivity contribution is -0.121. The van der Waals surface area contributed by atoms with Gasteiger partial charge in [0.15, 0.2) is 0 Å². The largest absolute Gasteiger partial charge is 0.369 e. The van der Waals surface area contributed by atoms with Crippen molar-refractivity contribution in [1.82, 2.24) is 10.3 Å². The van der Waals surface area contributed by atoms with Crippen molar-refractivity contribution in [2.24, 2.45) is 0 Å². The maximum absolute atomic E-state index is 13.6. The molecule has 0 spiro atoms. The van der Waals surface area contributed by atoms with E-state index in [2.05, 4.69) is 15.2 Å². The van der Waals surface area contributed by atoms with Gasteiger partial charge in [0.05, 0.1) is 5.02 Å². The highest BCUT2D eigenvalue weighted by atomic mass is 35.5. The van der Waals surface area contributed by atoms with E-state index in [-0.39, 0.29) is 17.0 Å². The second kappa shape index (κ2) is 7.62. The summed E-state index contributed by atoms with van der Waals surface area (Å²) in [6, 6.07) is 8.73. The number of hydrogen-bond acceptors (Lipinski definition) is 3. The first-order valence-electron chi connectivity index (χ1n) is 8.00. The number of halogens is 2. The number of carbonyl (C=O) groups excluding carboxylic acids is 1. The lowest BCUT2D eigenvalue weighted by Crippen LogP contribution is -2.37. The Morgan fingerprint density at radius 2 is 2.12 bits per heavy atom. The highest BCUT2D eigenvalue weighted by molar-refractivity contribution is 6.30. The first kappa shape index (κ1) is 16.7. The molecule has 1 amide bonds. The predicted molar refractivity (Wildman–Crippen MR) is 92.7 cm³/mol. The number of aromatic nitrogens is 1. The minimum absolute atomic E-state index is 0.0425. The minimum atomic E-state index is -0.418. The molecule has 3 rings (SSSR count). The highest BCUT2D eigenvalue weighted by Crippen LogP contribution is 2.25. The van der Waals surface area contributed by atoms with Crippen LogP contribution in [0.2, 0.25) is 5.02 Å². The van der Waals surface area contributed by atoms with Crippen molar-refractivity contribution in [1.29, 1.82) is 0 Å². The van der Waals surface area contributed by atoms with Gasteiger partial charge < -0.3 is 10.2 Å². The van der Waals surface area contributed by atoms with Gasteiger partial charge in [-0.1, -0.05) is 11.6 Å². The molecular weight excluding hydrogens is 329 g/mol. The van der Waals surface area contributed by atoms with Crippen molar-refractivity contribution in [2.75, 3.05) is 18.0 Å². The summed E-state index contributed by atoms with van der Waals surface area (Å²) in [5.41, 5.74) is 1.90. The van der Waals surface area contributed by atoms with E-state index in [1.807, 2.05) is 12.1 Å². The van der Waals surface area contributed by atoms with Crippen molar-refractivity contribution in [3.63, 3.8) is 0 Å². The molecular formula is C18H19ClFN3O. The summed E-state index contributed by atoms with van der Waals surface area (Å²) in [6.45, 7) is 1.47. The van der Waals surface area contributed by atoms with E-state index in [1.54, 1.807) is 24.5 Å². The zero-order valence-corrected chi connectivity index (χ0v) is 14.0. The third kappa shape index (κ3) is 4.23. The molecule has 0 aliphatic carbocycles. The van der Waals surface area contributed by atoms with Crippen LogP contribution in [-0.4, -0.2) is 30.0 Å². The van der Waals surface area contributed by atoms with E-state index in [0.717, 1.165) is 24.2 Å². The Morgan fingerprint density at radius 3 is 2.88 bits per heavy atom. The molecule has 0 bridgehead atoms. The molecule has 1 atom stereocenters. The van der Waals surface area contributed by atoms with Gasteiger partial charge in [-0.25, -0.2) is 4.39 Å². The fourth-order valence-corrected chi connectivity index (χ4v) is 3.02. The summed E-state index contributed by atoms with van der Waals surface area (Å²) in [5.74, 6) is -0.375. The zero-order chi connectivity index (χ0) is 16.9. The second-order valence-corrected chi connectivity index (χ2v) is 6.36. The van der Waals surface area contributed by atoms with Crippen LogP contribution in [-0.2, 0) is 11.2 Å². The van der Waals surface area contributed by atoms with Crippen LogP contribution in [0.1, 0.15) is 18.4 Å². The van der Waals surface area contributed by atoms with E-state index in [1.165, 1.54) is 6.07 Å². The number of benzene rings is 1. The van der Waals surface area contributed by atoms with Crippen LogP contribution in [0.5, 0.6) is 0 Å². The SMILES string of the molecule is O=C(CCc1ccncc1)N[C@@H]1CCN(c2ccc(Cl)c(F)c2)C1. The third-order valence-electron chi connectivity index (χ3n) is 4.21. The van der Waals surface area contributed by atoms with E-state index in [9.17, 15) is 9.18 Å². The van der Waals surface area contributed by atoms with Gasteiger partial charge in [0.1, 0.15) is 5.82 Å². The maximum Gasteiger partial charge on any atom is 0.220 e. The van der Waals surface area contributed by atoms with E-state index in [4.69, 9.17) is 11.6 Å². The molecule has 1 saturated heterocycles. The molecule has 1 aliphatic heterocycles. The molecule has 1 N–H and O–H groups in total. The zero-order valence-electron chi connectivity index (χ0n) is 13.2. The molecule has 0 radical (unpaired) electrons. The summed E-state index contributed by atoms with van der Waals surface area (Å²) >= 11 is 5.72. The molecule has 1 aromatic heterocycles. The number of nitrogens with zero attached hydrogens (tertiary/aromatic N) is 2. The highest BCUT2D eigenvalue weighted by Gasteiger charge is 2.24. The summed E-state index contributed by atoms with van der Waals surface area (Å²) in [5, 5.41) is 3.18. The van der Waals surface area contributed by atoms with Crippen molar-refractivity contribution >= 4 is 23.2 Å². The minimum Gasteiger partial charge on any atom is -0.369 e. The van der Waals surface area contributed by atoms with Gasteiger partial charge in [-0.05, 0) is 48.7 Å². The average Bonchev–Trinajstić information content (AvgIpc) is 3.05. The number of rotatable bonds is 5. The number of aryl methyl sites for hydroxylation is 1. The Kier molecular flexibility index (Phi) is 5.30. The topological polar surface area (TPSA) is 45.2 Å². The number of hydrogen-bond donors (Lipinski definition) is 1. The normalized spacial score (nSPS) is 17.1. The lowest BCUT2D eigenvalue weighted by atomic mass is 10.1. The lowest BCUT2D eigenvalue weighted by Gasteiger charge is -2.19. The van der Waals surface area contributed by atoms with Crippen LogP contribution in [0.15, 0.2) is 42.7 Å². The van der Waals surface area contributed by atoms with Gasteiger partial charge in [0.25, 0.3) is 0 Å². The molecule has 4 nitrogen and oxygen atoms in total. The van der Waals surface area contributed by atoms with E-state index < -0.39 is 5.82 Å². The summed E-state index contributed by atoms with van der Waals surface area (Å²) in [4.78, 5) is 18.1. The number of carbonyl (C=O) groups is 1. The molecule has 24 heavy (non-hydrogen) atoms. The van der Waals surface area contributed by atoms with Gasteiger partial charge in [-0.2, -0.15) is 0 Å². The fourth-order valence-electron chi connectivity index (χ4n) is 2.90. The van der Waals surface area contributed by atoms with Crippen LogP contribution in [0, 0.1) is 5.82 Å². The summed E-state index contributed by atoms with van der Waals surface area (Å²) in [7, 11) is 0. The standard InChI is InChI=1S/C18H19ClFN3O/c19-16-3-2-15(11-17(16)20)23-10-7-14(12-23)22-18(24)4-1-13-5-8-21-9-6-13/h2-3,5-6,8-9,11,14H,1,4,7,10,12H2,(H,22,24)/t14-/m1/s1. The molecule has 0 saturated carbocycles. The Hall–Kier alpha value is -2.14. The first-order chi connectivity index (χ1) is 11.6. The van der Waals surface area contributed by atoms with Crippen molar-refractivity contribution in [3.05, 3.63) is 59.1 Å². The van der Waals surface area contributed by atoms with Crippen molar-refractivity contribution < 1.29 is 9.18 Å².